The van der Waals surface area contributed by atoms with Crippen molar-refractivity contribution in [2.24, 2.45) is 17.8 Å². The fraction of sp³-hybridized carbons (Fsp3) is 0.929. The van der Waals surface area contributed by atoms with E-state index in [9.17, 15) is 30.3 Å². The molecule has 0 saturated carbocycles. The standard InChI is InChI=1S/C42H76N2O13/c1-16-31-41(10,49)35(46)28(6)44(13)23-24(2)21-39(8,48)36(57-38-33(45)30(43(11)12)20-25(3)53-38)26(4)34(27(5)37(47)55-31)56-32-22-40(9,52-15)42(50,29(7)54-32)18-17-19-51-14/h24-36,38,45-46,48-50H,16,19-23H2,1-15H3/t24-,25-,26+,27-,28-,29+,30+,31-,32+,33-,34+,35-,36-,38+,39-,40-,41-,42-/m1/s1. The zero-order valence-corrected chi connectivity index (χ0v) is 37.2. The SMILES string of the molecule is CC[C@H]1OC(=O)[C@H](C)[C@@H](O[C@H]2C[C@@](C)(OC)[C@@](O)(C#CCOC)[C@H](C)O2)[C@H](C)[C@@H](O[C@@H]2O[C@H](C)C[C@H](N(C)C)[C@H]2O)[C@](C)(O)C[C@@H](C)CN(C)[C@H](C)[C@@H](O)[C@]1(C)O. The number of rotatable bonds is 8. The van der Waals surface area contributed by atoms with E-state index in [1.54, 1.807) is 48.5 Å². The molecule has 0 aromatic carbocycles. The minimum absolute atomic E-state index is 0.00880. The summed E-state index contributed by atoms with van der Waals surface area (Å²) in [6.45, 7) is 17.9. The molecular weight excluding hydrogens is 740 g/mol. The third-order valence-electron chi connectivity index (χ3n) is 13.0. The number of likely N-dealkylation sites (N-methyl/N-ethyl adjacent to an activating group) is 2. The number of aliphatic hydroxyl groups is 5. The number of cyclic esters (lactones) is 1. The van der Waals surface area contributed by atoms with E-state index in [-0.39, 0.29) is 43.9 Å². The van der Waals surface area contributed by atoms with E-state index in [1.165, 1.54) is 21.1 Å². The number of carbonyl (C=O) groups excluding carboxylic acids is 1. The van der Waals surface area contributed by atoms with Gasteiger partial charge < -0.3 is 68.5 Å². The second-order valence-electron chi connectivity index (χ2n) is 18.1. The van der Waals surface area contributed by atoms with Crippen LogP contribution in [0.5, 0.6) is 0 Å². The van der Waals surface area contributed by atoms with E-state index in [1.807, 2.05) is 44.8 Å². The van der Waals surface area contributed by atoms with Gasteiger partial charge in [0.25, 0.3) is 0 Å². The number of carbonyl (C=O) groups is 1. The number of hydrogen-bond acceptors (Lipinski definition) is 15. The Morgan fingerprint density at radius 1 is 0.965 bits per heavy atom. The van der Waals surface area contributed by atoms with Gasteiger partial charge in [-0.25, -0.2) is 0 Å². The van der Waals surface area contributed by atoms with Crippen LogP contribution in [0.15, 0.2) is 0 Å². The van der Waals surface area contributed by atoms with Crippen molar-refractivity contribution in [2.45, 2.75) is 185 Å². The molecule has 3 aliphatic rings. The molecule has 15 heteroatoms. The molecule has 0 bridgehead atoms. The Hall–Kier alpha value is -1.49. The topological polar surface area (TPSA) is 189 Å². The van der Waals surface area contributed by atoms with E-state index in [2.05, 4.69) is 11.8 Å². The number of methoxy groups -OCH3 is 2. The monoisotopic (exact) mass is 817 g/mol. The molecule has 5 N–H and O–H groups in total. The fourth-order valence-electron chi connectivity index (χ4n) is 9.22. The minimum Gasteiger partial charge on any atom is -0.459 e. The Labute approximate surface area is 341 Å². The van der Waals surface area contributed by atoms with Crippen LogP contribution in [0.3, 0.4) is 0 Å². The van der Waals surface area contributed by atoms with Crippen molar-refractivity contribution >= 4 is 5.97 Å². The first kappa shape index (κ1) is 49.9. The second-order valence-corrected chi connectivity index (χ2v) is 18.1. The molecule has 15 nitrogen and oxygen atoms in total. The second kappa shape index (κ2) is 19.9. The number of aliphatic hydroxyl groups excluding tert-OH is 2. The minimum atomic E-state index is -1.83. The first-order valence-corrected chi connectivity index (χ1v) is 20.6. The number of ether oxygens (including phenoxy) is 7. The van der Waals surface area contributed by atoms with Gasteiger partial charge >= 0.3 is 5.97 Å². The van der Waals surface area contributed by atoms with Crippen molar-refractivity contribution in [1.82, 2.24) is 9.80 Å². The zero-order valence-electron chi connectivity index (χ0n) is 37.2. The Bertz CT molecular complexity index is 1360. The van der Waals surface area contributed by atoms with Crippen molar-refractivity contribution in [3.8, 4) is 11.8 Å². The molecule has 3 aliphatic heterocycles. The van der Waals surface area contributed by atoms with E-state index in [4.69, 9.17) is 33.2 Å². The summed E-state index contributed by atoms with van der Waals surface area (Å²) >= 11 is 0. The summed E-state index contributed by atoms with van der Waals surface area (Å²) in [6, 6.07) is -0.852. The summed E-state index contributed by atoms with van der Waals surface area (Å²) in [6.07, 6.45) is -8.09. The zero-order chi connectivity index (χ0) is 43.4. The van der Waals surface area contributed by atoms with E-state index >= 15 is 0 Å². The predicted octanol–water partition coefficient (Wildman–Crippen LogP) is 1.92. The number of nitrogens with zero attached hydrogens (tertiary/aromatic N) is 2. The normalized spacial score (nSPS) is 47.4. The lowest BCUT2D eigenvalue weighted by Crippen LogP contribution is -2.66. The lowest BCUT2D eigenvalue weighted by atomic mass is 9.75. The van der Waals surface area contributed by atoms with E-state index in [0.717, 1.165) is 0 Å². The van der Waals surface area contributed by atoms with E-state index < -0.39 is 95.5 Å². The molecule has 3 heterocycles. The maximum Gasteiger partial charge on any atom is 0.311 e. The Balaban J connectivity index is 2.20. The molecule has 3 saturated heterocycles. The summed E-state index contributed by atoms with van der Waals surface area (Å²) in [5.41, 5.74) is -6.49. The van der Waals surface area contributed by atoms with Gasteiger partial charge in [0.15, 0.2) is 18.2 Å². The van der Waals surface area contributed by atoms with Crippen LogP contribution in [0.4, 0.5) is 0 Å². The third kappa shape index (κ3) is 11.1. The summed E-state index contributed by atoms with van der Waals surface area (Å²) in [5.74, 6) is 2.95. The highest BCUT2D eigenvalue weighted by atomic mass is 16.7. The van der Waals surface area contributed by atoms with Gasteiger partial charge in [0.05, 0.1) is 29.8 Å². The summed E-state index contributed by atoms with van der Waals surface area (Å²) in [4.78, 5) is 18.2. The van der Waals surface area contributed by atoms with Gasteiger partial charge in [-0.05, 0) is 94.8 Å². The van der Waals surface area contributed by atoms with Gasteiger partial charge in [0.2, 0.25) is 0 Å². The molecule has 0 radical (unpaired) electrons. The summed E-state index contributed by atoms with van der Waals surface area (Å²) in [5, 5.41) is 59.4. The molecule has 3 fully saturated rings. The lowest BCUT2D eigenvalue weighted by Gasteiger charge is -2.51. The highest BCUT2D eigenvalue weighted by Gasteiger charge is 2.58. The quantitative estimate of drug-likeness (QED) is 0.177. The van der Waals surface area contributed by atoms with Crippen LogP contribution >= 0.6 is 0 Å². The maximum atomic E-state index is 14.4. The van der Waals surface area contributed by atoms with Crippen molar-refractivity contribution in [3.63, 3.8) is 0 Å². The number of hydrogen-bond donors (Lipinski definition) is 5. The largest absolute Gasteiger partial charge is 0.459 e. The molecule has 3 rings (SSSR count). The lowest BCUT2D eigenvalue weighted by molar-refractivity contribution is -0.327. The first-order chi connectivity index (χ1) is 26.3. The van der Waals surface area contributed by atoms with Crippen LogP contribution in [-0.4, -0.2) is 180 Å². The molecular formula is C42H76N2O13. The molecule has 0 spiro atoms. The van der Waals surface area contributed by atoms with Crippen molar-refractivity contribution in [1.29, 1.82) is 0 Å². The maximum absolute atomic E-state index is 14.4. The third-order valence-corrected chi connectivity index (χ3v) is 13.0. The van der Waals surface area contributed by atoms with E-state index in [0.29, 0.717) is 13.0 Å². The Morgan fingerprint density at radius 3 is 2.16 bits per heavy atom. The number of esters is 1. The van der Waals surface area contributed by atoms with Crippen molar-refractivity contribution < 1.29 is 63.5 Å². The van der Waals surface area contributed by atoms with Crippen molar-refractivity contribution in [3.05, 3.63) is 0 Å². The summed E-state index contributed by atoms with van der Waals surface area (Å²) < 4.78 is 43.2. The van der Waals surface area contributed by atoms with Crippen LogP contribution in [0.25, 0.3) is 0 Å². The van der Waals surface area contributed by atoms with Gasteiger partial charge in [0.1, 0.15) is 42.2 Å². The van der Waals surface area contributed by atoms with Gasteiger partial charge in [-0.3, -0.25) is 4.79 Å². The average molecular weight is 817 g/mol. The van der Waals surface area contributed by atoms with Gasteiger partial charge in [-0.1, -0.05) is 32.6 Å². The molecule has 0 amide bonds. The molecule has 0 aliphatic carbocycles. The van der Waals surface area contributed by atoms with Gasteiger partial charge in [-0.15, -0.1) is 0 Å². The van der Waals surface area contributed by atoms with Gasteiger partial charge in [0, 0.05) is 45.2 Å². The molecule has 18 atom stereocenters. The first-order valence-electron chi connectivity index (χ1n) is 20.6. The smallest absolute Gasteiger partial charge is 0.311 e. The molecule has 0 aromatic rings. The van der Waals surface area contributed by atoms with Crippen LogP contribution in [-0.2, 0) is 38.0 Å². The van der Waals surface area contributed by atoms with Gasteiger partial charge in [-0.2, -0.15) is 0 Å². The average Bonchev–Trinajstić information content (AvgIpc) is 3.12. The Kier molecular flexibility index (Phi) is 17.4. The van der Waals surface area contributed by atoms with Crippen LogP contribution in [0.2, 0.25) is 0 Å². The Morgan fingerprint density at radius 2 is 1.60 bits per heavy atom. The van der Waals surface area contributed by atoms with Crippen molar-refractivity contribution in [2.75, 3.05) is 48.5 Å². The molecule has 57 heavy (non-hydrogen) atoms. The molecule has 0 aromatic heterocycles. The predicted molar refractivity (Wildman–Crippen MR) is 213 cm³/mol. The van der Waals surface area contributed by atoms with Crippen LogP contribution in [0, 0.1) is 29.6 Å². The molecule has 332 valence electrons. The highest BCUT2D eigenvalue weighted by molar-refractivity contribution is 5.73. The fourth-order valence-corrected chi connectivity index (χ4v) is 9.22. The van der Waals surface area contributed by atoms with Crippen LogP contribution in [0.1, 0.15) is 94.9 Å². The molecule has 0 unspecified atom stereocenters. The highest BCUT2D eigenvalue weighted by Crippen LogP contribution is 2.43. The summed E-state index contributed by atoms with van der Waals surface area (Å²) in [7, 11) is 8.56. The van der Waals surface area contributed by atoms with Crippen LogP contribution < -0.4 is 0 Å².